The van der Waals surface area contributed by atoms with Crippen LogP contribution in [-0.2, 0) is 4.74 Å². The molecule has 114 valence electrons. The molecule has 0 aromatic carbocycles. The molecular weight excluding hydrogens is 248 g/mol. The molecule has 3 unspecified atom stereocenters. The van der Waals surface area contributed by atoms with E-state index in [1.165, 1.54) is 44.9 Å². The van der Waals surface area contributed by atoms with E-state index in [9.17, 15) is 5.11 Å². The highest BCUT2D eigenvalue weighted by atomic mass is 16.6. The molecule has 0 radical (unpaired) electrons. The lowest BCUT2D eigenvalue weighted by atomic mass is 9.45. The molecule has 0 aliphatic heterocycles. The van der Waals surface area contributed by atoms with E-state index in [0.717, 1.165) is 17.8 Å². The molecule has 0 saturated heterocycles. The summed E-state index contributed by atoms with van der Waals surface area (Å²) in [6.45, 7) is 10.1. The predicted molar refractivity (Wildman–Crippen MR) is 81.2 cm³/mol. The molecule has 3 atom stereocenters. The van der Waals surface area contributed by atoms with Gasteiger partial charge in [0.25, 0.3) is 0 Å². The van der Waals surface area contributed by atoms with Gasteiger partial charge in [-0.25, -0.2) is 0 Å². The molecule has 3 aliphatic rings. The van der Waals surface area contributed by atoms with E-state index in [1.54, 1.807) is 0 Å². The monoisotopic (exact) mass is 278 g/mol. The Balaban J connectivity index is 1.88. The average Bonchev–Trinajstić information content (AvgIpc) is 2.35. The van der Waals surface area contributed by atoms with Crippen LogP contribution in [0.4, 0.5) is 0 Å². The number of hydrogen-bond donors (Lipinski definition) is 1. The van der Waals surface area contributed by atoms with Gasteiger partial charge >= 0.3 is 0 Å². The number of hydrogen-bond acceptors (Lipinski definition) is 2. The van der Waals surface area contributed by atoms with Crippen LogP contribution >= 0.6 is 0 Å². The lowest BCUT2D eigenvalue weighted by Crippen LogP contribution is -2.59. The van der Waals surface area contributed by atoms with Gasteiger partial charge in [-0.2, -0.15) is 0 Å². The van der Waals surface area contributed by atoms with Crippen molar-refractivity contribution in [3.8, 4) is 0 Å². The Bertz CT molecular complexity index is 382. The first-order valence-corrected chi connectivity index (χ1v) is 8.35. The van der Waals surface area contributed by atoms with Gasteiger partial charge in [0.05, 0.1) is 5.60 Å². The van der Waals surface area contributed by atoms with Crippen LogP contribution < -0.4 is 0 Å². The molecule has 3 aliphatic carbocycles. The van der Waals surface area contributed by atoms with Gasteiger partial charge in [-0.3, -0.25) is 0 Å². The third kappa shape index (κ3) is 2.16. The predicted octanol–water partition coefficient (Wildman–Crippen LogP) is 4.28. The van der Waals surface area contributed by atoms with Gasteiger partial charge in [-0.15, -0.1) is 0 Å². The maximum Gasteiger partial charge on any atom is 0.177 e. The zero-order valence-corrected chi connectivity index (χ0v) is 13.3. The van der Waals surface area contributed by atoms with Crippen LogP contribution in [0.15, 0.2) is 12.2 Å². The van der Waals surface area contributed by atoms with Gasteiger partial charge in [-0.1, -0.05) is 19.4 Å². The van der Waals surface area contributed by atoms with Crippen molar-refractivity contribution in [2.75, 3.05) is 0 Å². The zero-order chi connectivity index (χ0) is 14.5. The van der Waals surface area contributed by atoms with E-state index in [-0.39, 0.29) is 11.0 Å². The van der Waals surface area contributed by atoms with E-state index < -0.39 is 6.29 Å². The highest BCUT2D eigenvalue weighted by Gasteiger charge is 2.59. The van der Waals surface area contributed by atoms with E-state index in [2.05, 4.69) is 20.4 Å². The molecule has 0 spiro atoms. The molecule has 3 fully saturated rings. The molecule has 3 saturated carbocycles. The molecule has 0 aromatic heterocycles. The molecular formula is C18H30O2. The molecule has 0 aromatic rings. The summed E-state index contributed by atoms with van der Waals surface area (Å²) in [6.07, 6.45) is 8.81. The van der Waals surface area contributed by atoms with Crippen molar-refractivity contribution in [3.63, 3.8) is 0 Å². The summed E-state index contributed by atoms with van der Waals surface area (Å²) in [5.74, 6) is 2.59. The first-order chi connectivity index (χ1) is 9.34. The summed E-state index contributed by atoms with van der Waals surface area (Å²) in [7, 11) is 0. The van der Waals surface area contributed by atoms with Gasteiger partial charge in [-0.05, 0) is 76.2 Å². The Kier molecular flexibility index (Phi) is 3.53. The number of rotatable bonds is 4. The van der Waals surface area contributed by atoms with E-state index >= 15 is 0 Å². The Morgan fingerprint density at radius 1 is 1.20 bits per heavy atom. The Hall–Kier alpha value is -0.340. The van der Waals surface area contributed by atoms with Crippen LogP contribution in [0.1, 0.15) is 65.7 Å². The van der Waals surface area contributed by atoms with Gasteiger partial charge in [0.2, 0.25) is 0 Å². The fourth-order valence-electron chi connectivity index (χ4n) is 5.58. The van der Waals surface area contributed by atoms with Crippen molar-refractivity contribution in [1.82, 2.24) is 0 Å². The number of fused-ring (bicyclic) bond motifs is 2. The summed E-state index contributed by atoms with van der Waals surface area (Å²) >= 11 is 0. The summed E-state index contributed by atoms with van der Waals surface area (Å²) in [5, 5.41) is 10.1. The van der Waals surface area contributed by atoms with Crippen LogP contribution in [0.3, 0.4) is 0 Å². The van der Waals surface area contributed by atoms with Crippen LogP contribution in [-0.4, -0.2) is 17.0 Å². The van der Waals surface area contributed by atoms with Crippen molar-refractivity contribution >= 4 is 0 Å². The minimum absolute atomic E-state index is 0.256. The summed E-state index contributed by atoms with van der Waals surface area (Å²) in [6, 6.07) is 0. The third-order valence-electron chi connectivity index (χ3n) is 6.63. The standard InChI is InChI=1S/C18H30O2/c1-12(2)16(19)20-17(3,4)18-10-13-5-7-15(18)8-6-14(9-13)11-18/h13-16,19H,1,5-11H2,2-4H3. The van der Waals surface area contributed by atoms with Crippen LogP contribution in [0.5, 0.6) is 0 Å². The largest absolute Gasteiger partial charge is 0.364 e. The van der Waals surface area contributed by atoms with Gasteiger partial charge < -0.3 is 9.84 Å². The smallest absolute Gasteiger partial charge is 0.177 e. The van der Waals surface area contributed by atoms with Crippen molar-refractivity contribution in [2.45, 2.75) is 77.6 Å². The first kappa shape index (κ1) is 14.6. The molecule has 2 heteroatoms. The SMILES string of the molecule is C=C(C)C(O)OC(C)(C)C12CC3CCC1CCC(C3)C2. The second-order valence-electron chi connectivity index (χ2n) is 8.21. The van der Waals surface area contributed by atoms with Crippen molar-refractivity contribution in [2.24, 2.45) is 23.2 Å². The maximum absolute atomic E-state index is 10.1. The van der Waals surface area contributed by atoms with E-state index in [0.29, 0.717) is 5.57 Å². The van der Waals surface area contributed by atoms with E-state index in [1.807, 2.05) is 6.92 Å². The number of aliphatic hydroxyl groups excluding tert-OH is 1. The van der Waals surface area contributed by atoms with Crippen molar-refractivity contribution in [1.29, 1.82) is 0 Å². The highest BCUT2D eigenvalue weighted by Crippen LogP contribution is 2.64. The molecule has 1 N–H and O–H groups in total. The topological polar surface area (TPSA) is 29.5 Å². The fraction of sp³-hybridized carbons (Fsp3) is 0.889. The van der Waals surface area contributed by atoms with Crippen molar-refractivity contribution < 1.29 is 9.84 Å². The molecule has 0 heterocycles. The summed E-state index contributed by atoms with van der Waals surface area (Å²) in [5.41, 5.74) is 0.740. The minimum Gasteiger partial charge on any atom is -0.364 e. The molecule has 3 rings (SSSR count). The molecule has 20 heavy (non-hydrogen) atoms. The second-order valence-corrected chi connectivity index (χ2v) is 8.21. The lowest BCUT2D eigenvalue weighted by Gasteiger charge is -2.62. The zero-order valence-electron chi connectivity index (χ0n) is 13.3. The highest BCUT2D eigenvalue weighted by molar-refractivity contribution is 5.09. The molecule has 3 bridgehead atoms. The normalized spacial score (nSPS) is 41.5. The fourth-order valence-corrected chi connectivity index (χ4v) is 5.58. The Morgan fingerprint density at radius 2 is 1.75 bits per heavy atom. The first-order valence-electron chi connectivity index (χ1n) is 8.35. The van der Waals surface area contributed by atoms with Crippen molar-refractivity contribution in [3.05, 3.63) is 12.2 Å². The minimum atomic E-state index is -0.819. The van der Waals surface area contributed by atoms with Crippen LogP contribution in [0, 0.1) is 23.2 Å². The quantitative estimate of drug-likeness (QED) is 0.614. The van der Waals surface area contributed by atoms with Gasteiger partial charge in [0.15, 0.2) is 6.29 Å². The van der Waals surface area contributed by atoms with E-state index in [4.69, 9.17) is 4.74 Å². The Labute approximate surface area is 123 Å². The molecule has 2 nitrogen and oxygen atoms in total. The summed E-state index contributed by atoms with van der Waals surface area (Å²) in [4.78, 5) is 0. The van der Waals surface area contributed by atoms with Gasteiger partial charge in [0, 0.05) is 5.41 Å². The Morgan fingerprint density at radius 3 is 2.25 bits per heavy atom. The molecule has 0 amide bonds. The van der Waals surface area contributed by atoms with Crippen LogP contribution in [0.25, 0.3) is 0 Å². The van der Waals surface area contributed by atoms with Gasteiger partial charge in [0.1, 0.15) is 0 Å². The third-order valence-corrected chi connectivity index (χ3v) is 6.63. The summed E-state index contributed by atoms with van der Waals surface area (Å²) < 4.78 is 6.12. The maximum atomic E-state index is 10.1. The number of aliphatic hydroxyl groups is 1. The second kappa shape index (κ2) is 4.84. The lowest BCUT2D eigenvalue weighted by molar-refractivity contribution is -0.248. The van der Waals surface area contributed by atoms with Crippen LogP contribution in [0.2, 0.25) is 0 Å². The number of ether oxygens (including phenoxy) is 1. The average molecular weight is 278 g/mol.